The lowest BCUT2D eigenvalue weighted by molar-refractivity contribution is 0.214. The number of sulfonamides is 1. The summed E-state index contributed by atoms with van der Waals surface area (Å²) >= 11 is 0. The van der Waals surface area contributed by atoms with Crippen molar-refractivity contribution in [3.63, 3.8) is 0 Å². The van der Waals surface area contributed by atoms with E-state index in [4.69, 9.17) is 10.5 Å². The van der Waals surface area contributed by atoms with Crippen LogP contribution < -0.4 is 5.73 Å². The van der Waals surface area contributed by atoms with E-state index in [9.17, 15) is 8.42 Å². The summed E-state index contributed by atoms with van der Waals surface area (Å²) in [5.41, 5.74) is 5.69. The molecule has 1 saturated heterocycles. The van der Waals surface area contributed by atoms with Gasteiger partial charge in [-0.15, -0.1) is 12.4 Å². The minimum Gasteiger partial charge on any atom is -0.384 e. The van der Waals surface area contributed by atoms with Crippen molar-refractivity contribution < 1.29 is 13.2 Å². The highest BCUT2D eigenvalue weighted by Gasteiger charge is 2.25. The van der Waals surface area contributed by atoms with Gasteiger partial charge >= 0.3 is 0 Å². The average Bonchev–Trinajstić information content (AvgIpc) is 2.16. The summed E-state index contributed by atoms with van der Waals surface area (Å²) in [6.07, 6.45) is 1.51. The molecule has 1 aliphatic heterocycles. The van der Waals surface area contributed by atoms with Crippen molar-refractivity contribution >= 4 is 22.4 Å². The van der Waals surface area contributed by atoms with Crippen LogP contribution in [0.15, 0.2) is 0 Å². The van der Waals surface area contributed by atoms with Crippen LogP contribution in [-0.4, -0.2) is 51.3 Å². The first-order valence-electron chi connectivity index (χ1n) is 4.78. The number of hydrogen-bond acceptors (Lipinski definition) is 4. The van der Waals surface area contributed by atoms with Crippen molar-refractivity contribution in [3.05, 3.63) is 0 Å². The van der Waals surface area contributed by atoms with Crippen LogP contribution in [0.1, 0.15) is 12.8 Å². The van der Waals surface area contributed by atoms with E-state index in [0.717, 1.165) is 12.8 Å². The van der Waals surface area contributed by atoms with Crippen LogP contribution >= 0.6 is 12.4 Å². The molecule has 92 valence electrons. The lowest BCUT2D eigenvalue weighted by atomic mass is 10.1. The molecule has 0 spiro atoms. The molecule has 15 heavy (non-hydrogen) atoms. The quantitative estimate of drug-likeness (QED) is 0.759. The van der Waals surface area contributed by atoms with Crippen LogP contribution in [-0.2, 0) is 14.8 Å². The first kappa shape index (κ1) is 15.1. The molecule has 0 aliphatic carbocycles. The largest absolute Gasteiger partial charge is 0.384 e. The maximum Gasteiger partial charge on any atom is 0.216 e. The molecule has 5 nitrogen and oxygen atoms in total. The Labute approximate surface area is 97.4 Å². The minimum absolute atomic E-state index is 0. The van der Waals surface area contributed by atoms with Gasteiger partial charge in [-0.05, 0) is 12.8 Å². The van der Waals surface area contributed by atoms with Crippen LogP contribution in [0.25, 0.3) is 0 Å². The Morgan fingerprint density at radius 2 is 1.93 bits per heavy atom. The third-order valence-electron chi connectivity index (χ3n) is 2.44. The van der Waals surface area contributed by atoms with E-state index in [1.807, 2.05) is 0 Å². The molecule has 0 saturated carbocycles. The zero-order chi connectivity index (χ0) is 10.6. The van der Waals surface area contributed by atoms with E-state index in [1.54, 1.807) is 0 Å². The van der Waals surface area contributed by atoms with Gasteiger partial charge in [0.05, 0.1) is 12.4 Å². The number of rotatable bonds is 4. The fraction of sp³-hybridized carbons (Fsp3) is 1.00. The molecule has 0 bridgehead atoms. The van der Waals surface area contributed by atoms with Crippen LogP contribution in [0.3, 0.4) is 0 Å². The number of piperidine rings is 1. The number of hydrogen-bond donors (Lipinski definition) is 1. The minimum atomic E-state index is -3.12. The van der Waals surface area contributed by atoms with Crippen molar-refractivity contribution in [1.82, 2.24) is 4.31 Å². The zero-order valence-electron chi connectivity index (χ0n) is 8.89. The van der Waals surface area contributed by atoms with Gasteiger partial charge in [-0.1, -0.05) is 0 Å². The van der Waals surface area contributed by atoms with Crippen molar-refractivity contribution in [2.24, 2.45) is 5.73 Å². The van der Waals surface area contributed by atoms with Gasteiger partial charge in [0.15, 0.2) is 0 Å². The van der Waals surface area contributed by atoms with Crippen molar-refractivity contribution in [2.45, 2.75) is 18.9 Å². The molecule has 1 rings (SSSR count). The normalized spacial score (nSPS) is 19.9. The molecule has 0 aromatic carbocycles. The summed E-state index contributed by atoms with van der Waals surface area (Å²) in [6.45, 7) is 1.35. The molecule has 0 radical (unpaired) electrons. The highest BCUT2D eigenvalue weighted by Crippen LogP contribution is 2.12. The number of methoxy groups -OCH3 is 1. The summed E-state index contributed by atoms with van der Waals surface area (Å²) in [4.78, 5) is 0. The molecule has 2 N–H and O–H groups in total. The molecule has 0 aromatic rings. The summed E-state index contributed by atoms with van der Waals surface area (Å²) in [7, 11) is -1.61. The SMILES string of the molecule is COCCS(=O)(=O)N1CCC(N)CC1.Cl. The van der Waals surface area contributed by atoms with Crippen molar-refractivity contribution in [2.75, 3.05) is 32.6 Å². The van der Waals surface area contributed by atoms with E-state index in [-0.39, 0.29) is 30.8 Å². The van der Waals surface area contributed by atoms with Gasteiger partial charge in [-0.2, -0.15) is 0 Å². The second-order valence-corrected chi connectivity index (χ2v) is 5.63. The fourth-order valence-corrected chi connectivity index (χ4v) is 2.87. The van der Waals surface area contributed by atoms with E-state index in [2.05, 4.69) is 0 Å². The lowest BCUT2D eigenvalue weighted by Gasteiger charge is -2.29. The van der Waals surface area contributed by atoms with Gasteiger partial charge in [0, 0.05) is 26.2 Å². The predicted octanol–water partition coefficient (Wildman–Crippen LogP) is -0.192. The zero-order valence-corrected chi connectivity index (χ0v) is 10.5. The van der Waals surface area contributed by atoms with Crippen LogP contribution in [0.2, 0.25) is 0 Å². The van der Waals surface area contributed by atoms with Gasteiger partial charge in [-0.25, -0.2) is 12.7 Å². The Kier molecular flexibility index (Phi) is 6.70. The summed E-state index contributed by atoms with van der Waals surface area (Å²) in [5.74, 6) is 0.0682. The highest BCUT2D eigenvalue weighted by atomic mass is 35.5. The number of nitrogens with zero attached hydrogens (tertiary/aromatic N) is 1. The standard InChI is InChI=1S/C8H18N2O3S.ClH/c1-13-6-7-14(11,12)10-4-2-8(9)3-5-10;/h8H,2-7,9H2,1H3;1H. The second-order valence-electron chi connectivity index (χ2n) is 3.55. The first-order chi connectivity index (χ1) is 6.56. The van der Waals surface area contributed by atoms with Gasteiger partial charge in [0.25, 0.3) is 0 Å². The van der Waals surface area contributed by atoms with Crippen LogP contribution in [0.4, 0.5) is 0 Å². The van der Waals surface area contributed by atoms with Gasteiger partial charge in [-0.3, -0.25) is 0 Å². The Bertz CT molecular complexity index is 263. The van der Waals surface area contributed by atoms with E-state index >= 15 is 0 Å². The third kappa shape index (κ3) is 4.65. The topological polar surface area (TPSA) is 72.6 Å². The molecule has 0 atom stereocenters. The van der Waals surface area contributed by atoms with Gasteiger partial charge in [0.2, 0.25) is 10.0 Å². The van der Waals surface area contributed by atoms with Gasteiger partial charge < -0.3 is 10.5 Å². The molecule has 7 heteroatoms. The smallest absolute Gasteiger partial charge is 0.216 e. The van der Waals surface area contributed by atoms with Crippen molar-refractivity contribution in [3.8, 4) is 0 Å². The maximum atomic E-state index is 11.7. The molecule has 0 amide bonds. The van der Waals surface area contributed by atoms with Crippen LogP contribution in [0, 0.1) is 0 Å². The molecule has 0 unspecified atom stereocenters. The number of halogens is 1. The number of ether oxygens (including phenoxy) is 1. The summed E-state index contributed by atoms with van der Waals surface area (Å²) in [6, 6.07) is 0.156. The Balaban J connectivity index is 0.00000196. The Morgan fingerprint density at radius 3 is 2.40 bits per heavy atom. The molecule has 1 aliphatic rings. The molecule has 0 aromatic heterocycles. The summed E-state index contributed by atoms with van der Waals surface area (Å²) < 4.78 is 29.6. The molecular formula is C8H19ClN2O3S. The monoisotopic (exact) mass is 258 g/mol. The van der Waals surface area contributed by atoms with Crippen LogP contribution in [0.5, 0.6) is 0 Å². The molecule has 1 heterocycles. The highest BCUT2D eigenvalue weighted by molar-refractivity contribution is 7.89. The molecular weight excluding hydrogens is 240 g/mol. The maximum absolute atomic E-state index is 11.7. The Hall–Kier alpha value is 0.120. The average molecular weight is 259 g/mol. The first-order valence-corrected chi connectivity index (χ1v) is 6.39. The van der Waals surface area contributed by atoms with E-state index in [0.29, 0.717) is 13.1 Å². The van der Waals surface area contributed by atoms with E-state index < -0.39 is 10.0 Å². The predicted molar refractivity (Wildman–Crippen MR) is 61.7 cm³/mol. The van der Waals surface area contributed by atoms with Gasteiger partial charge in [0.1, 0.15) is 0 Å². The Morgan fingerprint density at radius 1 is 1.40 bits per heavy atom. The third-order valence-corrected chi connectivity index (χ3v) is 4.27. The lowest BCUT2D eigenvalue weighted by Crippen LogP contribution is -2.44. The molecule has 1 fully saturated rings. The van der Waals surface area contributed by atoms with Crippen molar-refractivity contribution in [1.29, 1.82) is 0 Å². The second kappa shape index (κ2) is 6.65. The summed E-state index contributed by atoms with van der Waals surface area (Å²) in [5, 5.41) is 0. The number of nitrogens with two attached hydrogens (primary N) is 1. The fourth-order valence-electron chi connectivity index (χ4n) is 1.47. The van der Waals surface area contributed by atoms with E-state index in [1.165, 1.54) is 11.4 Å².